The fourth-order valence-electron chi connectivity index (χ4n) is 1.66. The molecule has 0 radical (unpaired) electrons. The first-order chi connectivity index (χ1) is 6.24. The van der Waals surface area contributed by atoms with Gasteiger partial charge >= 0.3 is 5.97 Å². The van der Waals surface area contributed by atoms with Crippen molar-refractivity contribution in [1.82, 2.24) is 0 Å². The monoisotopic (exact) mass is 186 g/mol. The van der Waals surface area contributed by atoms with E-state index in [-0.39, 0.29) is 11.9 Å². The molecule has 76 valence electrons. The van der Waals surface area contributed by atoms with Crippen LogP contribution in [0.1, 0.15) is 32.6 Å². The molecule has 0 saturated heterocycles. The highest BCUT2D eigenvalue weighted by Crippen LogP contribution is 2.28. The van der Waals surface area contributed by atoms with E-state index in [2.05, 4.69) is 11.7 Å². The molecule has 0 amide bonds. The Morgan fingerprint density at radius 1 is 1.23 bits per heavy atom. The fourth-order valence-corrected chi connectivity index (χ4v) is 1.66. The van der Waals surface area contributed by atoms with E-state index in [0.717, 1.165) is 18.8 Å². The number of carbonyl (C=O) groups excluding carboxylic acids is 2. The summed E-state index contributed by atoms with van der Waals surface area (Å²) in [6.45, 7) is 4.24. The van der Waals surface area contributed by atoms with Crippen LogP contribution in [0, 0.1) is 11.8 Å². The lowest BCUT2D eigenvalue weighted by Gasteiger charge is -2.23. The summed E-state index contributed by atoms with van der Waals surface area (Å²) in [5.41, 5.74) is 0. The van der Waals surface area contributed by atoms with Crippen molar-refractivity contribution in [3.8, 4) is 0 Å². The average Bonchev–Trinajstić information content (AvgIpc) is 2.21. The van der Waals surface area contributed by atoms with Gasteiger partial charge < -0.3 is 9.53 Å². The molecule has 0 aliphatic heterocycles. The lowest BCUT2D eigenvalue weighted by atomic mass is 9.83. The van der Waals surface area contributed by atoms with Crippen LogP contribution < -0.4 is 0 Å². The summed E-state index contributed by atoms with van der Waals surface area (Å²) >= 11 is 0. The largest absolute Gasteiger partial charge is 0.469 e. The third kappa shape index (κ3) is 4.06. The molecule has 0 unspecified atom stereocenters. The van der Waals surface area contributed by atoms with E-state index in [9.17, 15) is 4.79 Å². The second kappa shape index (κ2) is 6.63. The minimum absolute atomic E-state index is 0.0168. The molecule has 1 rings (SSSR count). The molecular formula is C10H18O3. The van der Waals surface area contributed by atoms with Gasteiger partial charge in [-0.3, -0.25) is 4.79 Å². The lowest BCUT2D eigenvalue weighted by molar-refractivity contribution is -0.146. The van der Waals surface area contributed by atoms with Gasteiger partial charge in [0.1, 0.15) is 6.79 Å². The van der Waals surface area contributed by atoms with Gasteiger partial charge in [-0.1, -0.05) is 6.92 Å². The molecule has 1 fully saturated rings. The van der Waals surface area contributed by atoms with Gasteiger partial charge in [-0.05, 0) is 31.6 Å². The third-order valence-corrected chi connectivity index (χ3v) is 2.55. The van der Waals surface area contributed by atoms with Crippen LogP contribution in [-0.2, 0) is 14.3 Å². The molecule has 1 aliphatic rings. The minimum Gasteiger partial charge on any atom is -0.469 e. The maximum Gasteiger partial charge on any atom is 0.308 e. The minimum atomic E-state index is -0.0168. The highest BCUT2D eigenvalue weighted by molar-refractivity contribution is 5.72. The SMILES string of the molecule is C=O.COC(=O)C1CCC(C)CC1. The Bertz CT molecular complexity index is 148. The maximum atomic E-state index is 11.1. The van der Waals surface area contributed by atoms with Crippen LogP contribution in [0.4, 0.5) is 0 Å². The molecule has 1 saturated carbocycles. The Morgan fingerprint density at radius 2 is 1.69 bits per heavy atom. The van der Waals surface area contributed by atoms with E-state index in [4.69, 9.17) is 4.79 Å². The molecule has 0 N–H and O–H groups in total. The Hall–Kier alpha value is -0.860. The molecule has 13 heavy (non-hydrogen) atoms. The Labute approximate surface area is 79.5 Å². The van der Waals surface area contributed by atoms with Gasteiger partial charge in [0.15, 0.2) is 0 Å². The zero-order valence-corrected chi connectivity index (χ0v) is 8.41. The molecule has 0 bridgehead atoms. The van der Waals surface area contributed by atoms with Crippen molar-refractivity contribution in [3.63, 3.8) is 0 Å². The normalized spacial score (nSPS) is 26.9. The van der Waals surface area contributed by atoms with Crippen LogP contribution in [0.2, 0.25) is 0 Å². The predicted molar refractivity (Wildman–Crippen MR) is 50.3 cm³/mol. The van der Waals surface area contributed by atoms with Crippen molar-refractivity contribution >= 4 is 12.8 Å². The topological polar surface area (TPSA) is 43.4 Å². The van der Waals surface area contributed by atoms with Gasteiger partial charge in [0.2, 0.25) is 0 Å². The number of ether oxygens (including phenoxy) is 1. The Kier molecular flexibility index (Phi) is 6.20. The summed E-state index contributed by atoms with van der Waals surface area (Å²) < 4.78 is 4.69. The second-order valence-corrected chi connectivity index (χ2v) is 3.48. The van der Waals surface area contributed by atoms with Gasteiger partial charge in [-0.25, -0.2) is 0 Å². The van der Waals surface area contributed by atoms with Crippen LogP contribution in [0.25, 0.3) is 0 Å². The summed E-state index contributed by atoms with van der Waals surface area (Å²) in [5.74, 6) is 0.976. The molecule has 0 aromatic carbocycles. The molecule has 0 heterocycles. The van der Waals surface area contributed by atoms with Crippen molar-refractivity contribution < 1.29 is 14.3 Å². The first kappa shape index (κ1) is 12.1. The van der Waals surface area contributed by atoms with Crippen LogP contribution in [0.15, 0.2) is 0 Å². The molecule has 0 aromatic heterocycles. The van der Waals surface area contributed by atoms with Crippen molar-refractivity contribution in [2.75, 3.05) is 7.11 Å². The number of rotatable bonds is 1. The molecule has 1 aliphatic carbocycles. The number of methoxy groups -OCH3 is 1. The first-order valence-electron chi connectivity index (χ1n) is 4.60. The van der Waals surface area contributed by atoms with E-state index >= 15 is 0 Å². The van der Waals surface area contributed by atoms with Crippen molar-refractivity contribution in [1.29, 1.82) is 0 Å². The Morgan fingerprint density at radius 3 is 2.08 bits per heavy atom. The summed E-state index contributed by atoms with van der Waals surface area (Å²) in [5, 5.41) is 0. The van der Waals surface area contributed by atoms with E-state index < -0.39 is 0 Å². The van der Waals surface area contributed by atoms with Crippen molar-refractivity contribution in [3.05, 3.63) is 0 Å². The summed E-state index contributed by atoms with van der Waals surface area (Å²) in [4.78, 5) is 19.1. The van der Waals surface area contributed by atoms with E-state index in [1.807, 2.05) is 6.79 Å². The van der Waals surface area contributed by atoms with Crippen LogP contribution in [0.3, 0.4) is 0 Å². The van der Waals surface area contributed by atoms with Gasteiger partial charge in [-0.15, -0.1) is 0 Å². The fraction of sp³-hybridized carbons (Fsp3) is 0.800. The van der Waals surface area contributed by atoms with E-state index in [0.29, 0.717) is 0 Å². The van der Waals surface area contributed by atoms with Gasteiger partial charge in [0, 0.05) is 0 Å². The average molecular weight is 186 g/mol. The Balaban J connectivity index is 0.000000671. The summed E-state index contributed by atoms with van der Waals surface area (Å²) in [6, 6.07) is 0. The second-order valence-electron chi connectivity index (χ2n) is 3.48. The molecule has 3 heteroatoms. The summed E-state index contributed by atoms with van der Waals surface area (Å²) in [7, 11) is 1.47. The zero-order chi connectivity index (χ0) is 10.3. The number of hydrogen-bond donors (Lipinski definition) is 0. The van der Waals surface area contributed by atoms with Gasteiger partial charge in [0.25, 0.3) is 0 Å². The van der Waals surface area contributed by atoms with Crippen LogP contribution in [-0.4, -0.2) is 19.9 Å². The quantitative estimate of drug-likeness (QED) is 0.586. The maximum absolute atomic E-state index is 11.1. The highest BCUT2D eigenvalue weighted by atomic mass is 16.5. The summed E-state index contributed by atoms with van der Waals surface area (Å²) in [6.07, 6.45) is 4.40. The predicted octanol–water partition coefficient (Wildman–Crippen LogP) is 1.80. The molecular weight excluding hydrogens is 168 g/mol. The number of esters is 1. The standard InChI is InChI=1S/C9H16O2.CH2O/c1-7-3-5-8(6-4-7)9(10)11-2;1-2/h7-8H,3-6H2,1-2H3;1H2. The number of hydrogen-bond acceptors (Lipinski definition) is 3. The van der Waals surface area contributed by atoms with Crippen LogP contribution in [0.5, 0.6) is 0 Å². The zero-order valence-electron chi connectivity index (χ0n) is 8.41. The molecule has 0 aromatic rings. The van der Waals surface area contributed by atoms with Gasteiger partial charge in [0.05, 0.1) is 13.0 Å². The third-order valence-electron chi connectivity index (χ3n) is 2.55. The van der Waals surface area contributed by atoms with E-state index in [1.54, 1.807) is 0 Å². The molecule has 3 nitrogen and oxygen atoms in total. The van der Waals surface area contributed by atoms with E-state index in [1.165, 1.54) is 20.0 Å². The van der Waals surface area contributed by atoms with Gasteiger partial charge in [-0.2, -0.15) is 0 Å². The lowest BCUT2D eigenvalue weighted by Crippen LogP contribution is -2.21. The molecule has 0 spiro atoms. The highest BCUT2D eigenvalue weighted by Gasteiger charge is 2.24. The molecule has 0 atom stereocenters. The van der Waals surface area contributed by atoms with Crippen molar-refractivity contribution in [2.24, 2.45) is 11.8 Å². The van der Waals surface area contributed by atoms with Crippen LogP contribution >= 0.6 is 0 Å². The van der Waals surface area contributed by atoms with Crippen molar-refractivity contribution in [2.45, 2.75) is 32.6 Å². The number of carbonyl (C=O) groups is 2. The first-order valence-corrected chi connectivity index (χ1v) is 4.60. The smallest absolute Gasteiger partial charge is 0.308 e.